The maximum atomic E-state index is 2.89. The Bertz CT molecular complexity index is 83.5. The van der Waals surface area contributed by atoms with Crippen molar-refractivity contribution in [1.82, 2.24) is 0 Å². The van der Waals surface area contributed by atoms with Gasteiger partial charge in [-0.05, 0) is 0 Å². The summed E-state index contributed by atoms with van der Waals surface area (Å²) >= 11 is 0. The first kappa shape index (κ1) is 22.4. The molecule has 0 atom stereocenters. The molecule has 1 rings (SSSR count). The Kier molecular flexibility index (Phi) is 36.7. The molecule has 1 aromatic carbocycles. The minimum absolute atomic E-state index is 0. The first-order valence-corrected chi connectivity index (χ1v) is 1.91. The molecule has 0 unspecified atom stereocenters. The van der Waals surface area contributed by atoms with E-state index in [0.717, 1.165) is 0 Å². The van der Waals surface area contributed by atoms with Gasteiger partial charge in [0.25, 0.3) is 0 Å². The van der Waals surface area contributed by atoms with E-state index in [4.69, 9.17) is 0 Å². The van der Waals surface area contributed by atoms with Gasteiger partial charge in [-0.2, -0.15) is 36.4 Å². The zero-order chi connectivity index (χ0) is 4.24. The Morgan fingerprint density at radius 3 is 1.30 bits per heavy atom. The smallest absolute Gasteiger partial charge is 1.00 e. The van der Waals surface area contributed by atoms with Gasteiger partial charge in [-0.25, -0.2) is 0 Å². The van der Waals surface area contributed by atoms with E-state index in [9.17, 15) is 0 Å². The van der Waals surface area contributed by atoms with Crippen LogP contribution in [0.1, 0.15) is 0 Å². The van der Waals surface area contributed by atoms with Crippen molar-refractivity contribution in [1.29, 1.82) is 0 Å². The van der Waals surface area contributed by atoms with Crippen molar-refractivity contribution in [3.05, 3.63) is 43.8 Å². The van der Waals surface area contributed by atoms with Crippen molar-refractivity contribution in [3.63, 3.8) is 0 Å². The van der Waals surface area contributed by atoms with E-state index < -0.39 is 0 Å². The molecule has 0 saturated heterocycles. The average molecular weight is 254 g/mol. The molecule has 0 amide bonds. The van der Waals surface area contributed by atoms with E-state index in [1.54, 1.807) is 0 Å². The topological polar surface area (TPSA) is 0 Å². The van der Waals surface area contributed by atoms with Crippen molar-refractivity contribution < 1.29 is 51.0 Å². The molecule has 0 aromatic heterocycles. The van der Waals surface area contributed by atoms with Gasteiger partial charge in [0.2, 0.25) is 0 Å². The normalized spacial score (nSPS) is 4.80. The summed E-state index contributed by atoms with van der Waals surface area (Å²) in [7, 11) is 0. The summed E-state index contributed by atoms with van der Waals surface area (Å²) in [6.07, 6.45) is 0. The zero-order valence-electron chi connectivity index (χ0n) is 5.64. The summed E-state index contributed by atoms with van der Waals surface area (Å²) in [6.45, 7) is 0. The molecule has 10 heavy (non-hydrogen) atoms. The molecule has 54 valence electrons. The zero-order valence-corrected chi connectivity index (χ0v) is 9.61. The number of hydrogen-bond donors (Lipinski definition) is 0. The molecule has 0 heterocycles. The molecular formula is C7H8Cl2Zr. The average Bonchev–Trinajstić information content (AvgIpc) is 1.72. The van der Waals surface area contributed by atoms with Crippen molar-refractivity contribution in [2.75, 3.05) is 0 Å². The fourth-order valence-electron chi connectivity index (χ4n) is 0.342. The molecule has 0 bridgehead atoms. The molecule has 1 aromatic rings. The number of halogens is 2. The Balaban J connectivity index is -0.0000000450. The van der Waals surface area contributed by atoms with Gasteiger partial charge in [0.05, 0.1) is 0 Å². The second-order valence-electron chi connectivity index (χ2n) is 1.08. The molecule has 0 radical (unpaired) electrons. The van der Waals surface area contributed by atoms with Gasteiger partial charge < -0.3 is 32.2 Å². The maximum absolute atomic E-state index is 2.89. The van der Waals surface area contributed by atoms with Gasteiger partial charge in [-0.3, -0.25) is 0 Å². The van der Waals surface area contributed by atoms with Crippen molar-refractivity contribution in [3.8, 4) is 0 Å². The summed E-state index contributed by atoms with van der Waals surface area (Å²) in [5, 5.41) is 0. The summed E-state index contributed by atoms with van der Waals surface area (Å²) < 4.78 is 0. The van der Waals surface area contributed by atoms with Gasteiger partial charge in [0, 0.05) is 0 Å². The molecule has 0 nitrogen and oxygen atoms in total. The second kappa shape index (κ2) is 16.3. The van der Waals surface area contributed by atoms with Crippen molar-refractivity contribution >= 4 is 0 Å². The van der Waals surface area contributed by atoms with Crippen LogP contribution in [-0.2, 0) is 26.2 Å². The van der Waals surface area contributed by atoms with E-state index in [1.807, 2.05) is 30.3 Å². The molecule has 0 spiro atoms. The molecule has 0 aliphatic carbocycles. The standard InChI is InChI=1S/C6H5.CH3.2ClH.Zr/c1-2-4-6-5-3-1;;;;/h1-5H;1H3;2*1H;/q2*-1;;;+4/p-2. The van der Waals surface area contributed by atoms with Crippen LogP contribution in [-0.4, -0.2) is 0 Å². The van der Waals surface area contributed by atoms with Gasteiger partial charge in [0.15, 0.2) is 0 Å². The predicted octanol–water partition coefficient (Wildman–Crippen LogP) is -4.06. The monoisotopic (exact) mass is 252 g/mol. The van der Waals surface area contributed by atoms with Crippen LogP contribution in [0.3, 0.4) is 0 Å². The third-order valence-electron chi connectivity index (χ3n) is 0.607. The summed E-state index contributed by atoms with van der Waals surface area (Å²) in [5.41, 5.74) is 0. The first-order valence-electron chi connectivity index (χ1n) is 1.91. The van der Waals surface area contributed by atoms with Gasteiger partial charge in [0.1, 0.15) is 0 Å². The minimum atomic E-state index is 0. The molecule has 0 fully saturated rings. The third kappa shape index (κ3) is 11.5. The van der Waals surface area contributed by atoms with E-state index in [-0.39, 0.29) is 58.4 Å². The van der Waals surface area contributed by atoms with Gasteiger partial charge in [-0.1, -0.05) is 0 Å². The van der Waals surface area contributed by atoms with Crippen molar-refractivity contribution in [2.24, 2.45) is 0 Å². The SMILES string of the molecule is [CH3-].[Cl-].[Cl-].[Zr+4].[c-]1ccccc1. The van der Waals surface area contributed by atoms with Gasteiger partial charge in [-0.15, -0.1) is 0 Å². The number of rotatable bonds is 0. The number of benzene rings is 1. The maximum Gasteiger partial charge on any atom is 4.00 e. The molecular weight excluding hydrogens is 246 g/mol. The minimum Gasteiger partial charge on any atom is -1.00 e. The first-order chi connectivity index (χ1) is 3.00. The molecule has 0 aliphatic rings. The third-order valence-corrected chi connectivity index (χ3v) is 0.607. The molecule has 0 N–H and O–H groups in total. The van der Waals surface area contributed by atoms with Crippen LogP contribution in [0.4, 0.5) is 0 Å². The Morgan fingerprint density at radius 1 is 0.800 bits per heavy atom. The van der Waals surface area contributed by atoms with Crippen molar-refractivity contribution in [2.45, 2.75) is 0 Å². The van der Waals surface area contributed by atoms with Crippen LogP contribution < -0.4 is 24.8 Å². The Labute approximate surface area is 94.4 Å². The van der Waals surface area contributed by atoms with Crippen LogP contribution in [0.5, 0.6) is 0 Å². The van der Waals surface area contributed by atoms with Crippen LogP contribution in [0.25, 0.3) is 0 Å². The number of hydrogen-bond acceptors (Lipinski definition) is 0. The second-order valence-corrected chi connectivity index (χ2v) is 1.08. The quantitative estimate of drug-likeness (QED) is 0.413. The Hall–Kier alpha value is 0.683. The van der Waals surface area contributed by atoms with Crippen LogP contribution in [0, 0.1) is 13.5 Å². The fourth-order valence-corrected chi connectivity index (χ4v) is 0.342. The van der Waals surface area contributed by atoms with E-state index in [2.05, 4.69) is 6.07 Å². The predicted molar refractivity (Wildman–Crippen MR) is 31.7 cm³/mol. The fraction of sp³-hybridized carbons (Fsp3) is 0. The van der Waals surface area contributed by atoms with Crippen LogP contribution in [0.15, 0.2) is 30.3 Å². The van der Waals surface area contributed by atoms with E-state index >= 15 is 0 Å². The summed E-state index contributed by atoms with van der Waals surface area (Å²) in [5.74, 6) is 0. The van der Waals surface area contributed by atoms with Crippen LogP contribution >= 0.6 is 0 Å². The molecule has 0 aliphatic heterocycles. The van der Waals surface area contributed by atoms with E-state index in [1.165, 1.54) is 0 Å². The van der Waals surface area contributed by atoms with E-state index in [0.29, 0.717) is 0 Å². The summed E-state index contributed by atoms with van der Waals surface area (Å²) in [6, 6.07) is 12.5. The largest absolute Gasteiger partial charge is 4.00 e. The Morgan fingerprint density at radius 2 is 1.20 bits per heavy atom. The molecule has 0 saturated carbocycles. The van der Waals surface area contributed by atoms with Crippen LogP contribution in [0.2, 0.25) is 0 Å². The summed E-state index contributed by atoms with van der Waals surface area (Å²) in [4.78, 5) is 0. The van der Waals surface area contributed by atoms with Gasteiger partial charge >= 0.3 is 26.2 Å². The molecule has 3 heteroatoms.